The van der Waals surface area contributed by atoms with Gasteiger partial charge in [0.15, 0.2) is 0 Å². The Balaban J connectivity index is 1.57. The first-order valence-electron chi connectivity index (χ1n) is 14.7. The van der Waals surface area contributed by atoms with Crippen LogP contribution in [0.5, 0.6) is 0 Å². The van der Waals surface area contributed by atoms with Gasteiger partial charge in [0.05, 0.1) is 34.2 Å². The third kappa shape index (κ3) is 5.11. The first-order valence-corrected chi connectivity index (χ1v) is 17.7. The number of aromatic nitrogens is 4. The number of hydrogen-bond acceptors (Lipinski definition) is 4. The topological polar surface area (TPSA) is 51.6 Å². The maximum absolute atomic E-state index is 15.9. The van der Waals surface area contributed by atoms with Crippen LogP contribution in [0.25, 0.3) is 44.3 Å². The van der Waals surface area contributed by atoms with Crippen molar-refractivity contribution >= 4 is 29.6 Å². The van der Waals surface area contributed by atoms with Crippen molar-refractivity contribution in [1.29, 1.82) is 0 Å². The molecule has 4 aromatic heterocycles. The van der Waals surface area contributed by atoms with Gasteiger partial charge in [0.25, 0.3) is 0 Å². The van der Waals surface area contributed by atoms with Crippen molar-refractivity contribution in [2.45, 2.75) is 13.1 Å². The molecule has 0 radical (unpaired) electrons. The van der Waals surface area contributed by atoms with Crippen LogP contribution in [0.2, 0.25) is 13.1 Å². The van der Waals surface area contributed by atoms with Crippen LogP contribution < -0.4 is 0 Å². The Kier molecular flexibility index (Phi) is 7.31. The summed E-state index contributed by atoms with van der Waals surface area (Å²) in [6.45, 7) is 4.41. The van der Waals surface area contributed by atoms with E-state index in [-0.39, 0.29) is 11.6 Å². The summed E-state index contributed by atoms with van der Waals surface area (Å²) in [5.74, 6) is -0.776. The molecule has 1 aliphatic rings. The number of benzene rings is 2. The van der Waals surface area contributed by atoms with E-state index in [1.54, 1.807) is 36.7 Å². The van der Waals surface area contributed by atoms with Gasteiger partial charge in [0, 0.05) is 23.5 Å². The van der Waals surface area contributed by atoms with Crippen molar-refractivity contribution in [3.05, 3.63) is 168 Å². The van der Waals surface area contributed by atoms with E-state index >= 15 is 8.78 Å². The minimum absolute atomic E-state index is 0.388. The second-order valence-corrected chi connectivity index (χ2v) is 15.6. The molecule has 0 atom stereocenters. The van der Waals surface area contributed by atoms with Crippen LogP contribution in [0, 0.1) is 11.6 Å². The molecular weight excluding hydrogens is 579 g/mol. The van der Waals surface area contributed by atoms with Crippen molar-refractivity contribution < 1.29 is 8.78 Å². The Morgan fingerprint density at radius 1 is 0.422 bits per heavy atom. The molecule has 7 rings (SSSR count). The largest absolute Gasteiger partial charge is 0.255 e. The van der Waals surface area contributed by atoms with E-state index in [1.165, 1.54) is 12.1 Å². The molecule has 4 nitrogen and oxygen atoms in total. The molecule has 218 valence electrons. The number of pyridine rings is 4. The fourth-order valence-corrected chi connectivity index (χ4v) is 9.80. The number of halogens is 2. The molecule has 0 amide bonds. The van der Waals surface area contributed by atoms with Crippen LogP contribution in [0.4, 0.5) is 8.78 Å². The van der Waals surface area contributed by atoms with Gasteiger partial charge in [0.2, 0.25) is 0 Å². The van der Waals surface area contributed by atoms with Gasteiger partial charge in [-0.1, -0.05) is 73.8 Å². The minimum Gasteiger partial charge on any atom is -0.255 e. The predicted octanol–water partition coefficient (Wildman–Crippen LogP) is 9.20. The number of rotatable bonds is 6. The van der Waals surface area contributed by atoms with Crippen molar-refractivity contribution in [3.8, 4) is 22.8 Å². The van der Waals surface area contributed by atoms with E-state index in [2.05, 4.69) is 23.1 Å². The van der Waals surface area contributed by atoms with Crippen molar-refractivity contribution in [2.75, 3.05) is 0 Å². The van der Waals surface area contributed by atoms with Crippen LogP contribution in [0.3, 0.4) is 0 Å². The molecule has 0 saturated carbocycles. The van der Waals surface area contributed by atoms with Crippen LogP contribution in [0.1, 0.15) is 22.5 Å². The van der Waals surface area contributed by atoms with Gasteiger partial charge in [-0.15, -0.1) is 0 Å². The van der Waals surface area contributed by atoms with Gasteiger partial charge in [-0.2, -0.15) is 0 Å². The van der Waals surface area contributed by atoms with E-state index < -0.39 is 8.07 Å². The highest BCUT2D eigenvalue weighted by atomic mass is 28.3. The van der Waals surface area contributed by atoms with E-state index in [0.717, 1.165) is 21.8 Å². The maximum Gasteiger partial charge on any atom is 0.131 e. The van der Waals surface area contributed by atoms with Gasteiger partial charge in [-0.3, -0.25) is 9.97 Å². The lowest BCUT2D eigenvalue weighted by Gasteiger charge is -2.25. The number of allylic oxidation sites excluding steroid dienone is 2. The Hall–Kier alpha value is -5.40. The molecule has 0 spiro atoms. The average Bonchev–Trinajstić information content (AvgIpc) is 3.32. The Labute approximate surface area is 261 Å². The predicted molar refractivity (Wildman–Crippen MR) is 179 cm³/mol. The van der Waals surface area contributed by atoms with E-state index in [0.29, 0.717) is 45.0 Å². The molecular formula is C38H28F2N4Si. The van der Waals surface area contributed by atoms with Gasteiger partial charge in [0.1, 0.15) is 19.7 Å². The maximum atomic E-state index is 15.9. The molecule has 1 aliphatic heterocycles. The Bertz CT molecular complexity index is 1960. The van der Waals surface area contributed by atoms with Crippen LogP contribution in [0.15, 0.2) is 134 Å². The zero-order valence-electron chi connectivity index (χ0n) is 24.7. The average molecular weight is 607 g/mol. The summed E-state index contributed by atoms with van der Waals surface area (Å²) in [4.78, 5) is 19.3. The standard InChI is InChI=1S/C38H28F2N4Si/c1-45(2)37(33-21-11-19-31(43-33)29-17-7-9-23-41-29)35(25-13-3-5-15-27(25)39)36(26-14-4-6-16-28(26)40)38(45)34-22-12-20-32(44-34)30-18-8-10-24-42-30/h3-24H,1-2H3. The quantitative estimate of drug-likeness (QED) is 0.177. The van der Waals surface area contributed by atoms with E-state index in [4.69, 9.17) is 9.97 Å². The van der Waals surface area contributed by atoms with Gasteiger partial charge in [-0.05, 0) is 82.2 Å². The smallest absolute Gasteiger partial charge is 0.131 e. The summed E-state index contributed by atoms with van der Waals surface area (Å²) in [6, 6.07) is 36.4. The number of hydrogen-bond donors (Lipinski definition) is 0. The number of nitrogens with zero attached hydrogens (tertiary/aromatic N) is 4. The molecule has 0 N–H and O–H groups in total. The minimum atomic E-state index is -2.81. The summed E-state index contributed by atoms with van der Waals surface area (Å²) in [5.41, 5.74) is 6.36. The van der Waals surface area contributed by atoms with Crippen LogP contribution >= 0.6 is 0 Å². The highest BCUT2D eigenvalue weighted by Gasteiger charge is 2.46. The van der Waals surface area contributed by atoms with Gasteiger partial charge >= 0.3 is 0 Å². The van der Waals surface area contributed by atoms with Crippen molar-refractivity contribution in [1.82, 2.24) is 19.9 Å². The molecule has 7 heteroatoms. The first-order chi connectivity index (χ1) is 21.9. The summed E-state index contributed by atoms with van der Waals surface area (Å²) in [7, 11) is -2.81. The molecule has 0 unspecified atom stereocenters. The summed E-state index contributed by atoms with van der Waals surface area (Å²) < 4.78 is 31.9. The normalized spacial score (nSPS) is 14.2. The molecule has 6 aromatic rings. The van der Waals surface area contributed by atoms with Gasteiger partial charge < -0.3 is 0 Å². The summed E-state index contributed by atoms with van der Waals surface area (Å²) in [6.07, 6.45) is 3.47. The Morgan fingerprint density at radius 2 is 0.800 bits per heavy atom. The van der Waals surface area contributed by atoms with Gasteiger partial charge in [-0.25, -0.2) is 18.7 Å². The lowest BCUT2D eigenvalue weighted by molar-refractivity contribution is 0.622. The van der Waals surface area contributed by atoms with Crippen LogP contribution in [-0.2, 0) is 0 Å². The second-order valence-electron chi connectivity index (χ2n) is 11.3. The van der Waals surface area contributed by atoms with Crippen LogP contribution in [-0.4, -0.2) is 28.0 Å². The zero-order valence-corrected chi connectivity index (χ0v) is 25.7. The zero-order chi connectivity index (χ0) is 31.0. The molecule has 2 aromatic carbocycles. The molecule has 0 fully saturated rings. The first kappa shape index (κ1) is 28.4. The Morgan fingerprint density at radius 3 is 1.20 bits per heavy atom. The van der Waals surface area contributed by atoms with Crippen molar-refractivity contribution in [2.24, 2.45) is 0 Å². The molecule has 0 bridgehead atoms. The monoisotopic (exact) mass is 606 g/mol. The molecule has 0 aliphatic carbocycles. The fraction of sp³-hybridized carbons (Fsp3) is 0.0526. The third-order valence-corrected chi connectivity index (χ3v) is 11.7. The second kappa shape index (κ2) is 11.6. The summed E-state index contributed by atoms with van der Waals surface area (Å²) in [5, 5.41) is 1.81. The molecule has 45 heavy (non-hydrogen) atoms. The lowest BCUT2D eigenvalue weighted by Crippen LogP contribution is -2.29. The lowest BCUT2D eigenvalue weighted by atomic mass is 9.89. The highest BCUT2D eigenvalue weighted by molar-refractivity contribution is 7.13. The fourth-order valence-electron chi connectivity index (χ4n) is 6.22. The molecule has 5 heterocycles. The van der Waals surface area contributed by atoms with E-state index in [9.17, 15) is 0 Å². The highest BCUT2D eigenvalue weighted by Crippen LogP contribution is 2.55. The van der Waals surface area contributed by atoms with Crippen molar-refractivity contribution in [3.63, 3.8) is 0 Å². The molecule has 0 saturated heterocycles. The van der Waals surface area contributed by atoms with E-state index in [1.807, 2.05) is 84.9 Å². The summed E-state index contributed by atoms with van der Waals surface area (Å²) >= 11 is 0. The SMILES string of the molecule is C[Si]1(C)C(c2cccc(-c3ccccn3)n2)=C(c2ccccc2F)C(c2ccccc2F)=C1c1cccc(-c2ccccn2)n1. The third-order valence-electron chi connectivity index (χ3n) is 8.15.